The van der Waals surface area contributed by atoms with E-state index in [9.17, 15) is 19.2 Å². The van der Waals surface area contributed by atoms with E-state index in [-0.39, 0.29) is 34.7 Å². The summed E-state index contributed by atoms with van der Waals surface area (Å²) in [6.45, 7) is 3.80. The smallest absolute Gasteiger partial charge is 0.262 e. The van der Waals surface area contributed by atoms with Crippen molar-refractivity contribution in [3.8, 4) is 0 Å². The summed E-state index contributed by atoms with van der Waals surface area (Å²) in [6.07, 6.45) is 0.288. The third-order valence-corrected chi connectivity index (χ3v) is 4.58. The fourth-order valence-corrected chi connectivity index (χ4v) is 3.29. The zero-order chi connectivity index (χ0) is 20.4. The second kappa shape index (κ2) is 7.64. The highest BCUT2D eigenvalue weighted by Crippen LogP contribution is 2.28. The third-order valence-electron chi connectivity index (χ3n) is 4.58. The molecule has 7 heteroatoms. The minimum Gasteiger partial charge on any atom is -0.366 e. The molecule has 0 radical (unpaired) electrons. The summed E-state index contributed by atoms with van der Waals surface area (Å²) in [5, 5.41) is 2.66. The van der Waals surface area contributed by atoms with Gasteiger partial charge in [0, 0.05) is 0 Å². The number of para-hydroxylation sites is 1. The molecule has 7 nitrogen and oxygen atoms in total. The highest BCUT2D eigenvalue weighted by molar-refractivity contribution is 6.23. The molecule has 0 aromatic heterocycles. The second-order valence-electron chi connectivity index (χ2n) is 7.07. The molecule has 1 aliphatic rings. The standard InChI is InChI=1S/C21H21N3O4/c1-12(2)11-17(19(26)23-16-10-6-5-9-15(16)18(22)25)24-20(27)13-7-3-4-8-14(13)21(24)28/h3-10,12,17H,11H2,1-2H3,(H2,22,25)(H,23,26)/t17-/m0/s1. The summed E-state index contributed by atoms with van der Waals surface area (Å²) in [5.41, 5.74) is 6.33. The summed E-state index contributed by atoms with van der Waals surface area (Å²) in [4.78, 5) is 51.3. The van der Waals surface area contributed by atoms with Gasteiger partial charge in [-0.05, 0) is 36.6 Å². The molecule has 0 saturated heterocycles. The zero-order valence-corrected chi connectivity index (χ0v) is 15.6. The Hall–Kier alpha value is -3.48. The van der Waals surface area contributed by atoms with E-state index in [0.717, 1.165) is 4.90 Å². The molecule has 144 valence electrons. The topological polar surface area (TPSA) is 110 Å². The van der Waals surface area contributed by atoms with Gasteiger partial charge in [-0.3, -0.25) is 24.1 Å². The number of carbonyl (C=O) groups excluding carboxylic acids is 4. The highest BCUT2D eigenvalue weighted by atomic mass is 16.2. The number of nitrogens with two attached hydrogens (primary N) is 1. The summed E-state index contributed by atoms with van der Waals surface area (Å²) < 4.78 is 0. The van der Waals surface area contributed by atoms with Gasteiger partial charge < -0.3 is 11.1 Å². The Bertz CT molecular complexity index is 933. The number of nitrogens with one attached hydrogen (secondary N) is 1. The van der Waals surface area contributed by atoms with Crippen LogP contribution in [0.3, 0.4) is 0 Å². The number of benzene rings is 2. The maximum atomic E-state index is 13.0. The summed E-state index contributed by atoms with van der Waals surface area (Å²) in [6, 6.07) is 11.8. The number of amides is 4. The summed E-state index contributed by atoms with van der Waals surface area (Å²) in [5.74, 6) is -2.17. The van der Waals surface area contributed by atoms with Crippen molar-refractivity contribution in [2.45, 2.75) is 26.3 Å². The Morgan fingerprint density at radius 2 is 1.50 bits per heavy atom. The largest absolute Gasteiger partial charge is 0.366 e. The van der Waals surface area contributed by atoms with Crippen LogP contribution in [-0.4, -0.2) is 34.6 Å². The van der Waals surface area contributed by atoms with Crippen molar-refractivity contribution in [2.75, 3.05) is 5.32 Å². The second-order valence-corrected chi connectivity index (χ2v) is 7.07. The monoisotopic (exact) mass is 379 g/mol. The fraction of sp³-hybridized carbons (Fsp3) is 0.238. The highest BCUT2D eigenvalue weighted by Gasteiger charge is 2.42. The molecule has 2 aromatic carbocycles. The van der Waals surface area contributed by atoms with Crippen molar-refractivity contribution in [1.29, 1.82) is 0 Å². The first-order valence-electron chi connectivity index (χ1n) is 8.98. The summed E-state index contributed by atoms with van der Waals surface area (Å²) >= 11 is 0. The van der Waals surface area contributed by atoms with Crippen LogP contribution in [0, 0.1) is 5.92 Å². The maximum Gasteiger partial charge on any atom is 0.262 e. The lowest BCUT2D eigenvalue weighted by atomic mass is 10.0. The molecule has 0 unspecified atom stereocenters. The first-order valence-corrected chi connectivity index (χ1v) is 8.98. The molecule has 1 aliphatic heterocycles. The first-order chi connectivity index (χ1) is 13.3. The number of hydrogen-bond donors (Lipinski definition) is 2. The quantitative estimate of drug-likeness (QED) is 0.751. The van der Waals surface area contributed by atoms with E-state index in [0.29, 0.717) is 0 Å². The van der Waals surface area contributed by atoms with Gasteiger partial charge in [0.2, 0.25) is 5.91 Å². The molecule has 28 heavy (non-hydrogen) atoms. The SMILES string of the molecule is CC(C)C[C@@H](C(=O)Nc1ccccc1C(N)=O)N1C(=O)c2ccccc2C1=O. The average Bonchev–Trinajstić information content (AvgIpc) is 2.91. The van der Waals surface area contributed by atoms with Crippen LogP contribution in [-0.2, 0) is 4.79 Å². The van der Waals surface area contributed by atoms with Crippen molar-refractivity contribution < 1.29 is 19.2 Å². The van der Waals surface area contributed by atoms with Crippen LogP contribution < -0.4 is 11.1 Å². The molecular weight excluding hydrogens is 358 g/mol. The number of fused-ring (bicyclic) bond motifs is 1. The number of imide groups is 1. The van der Waals surface area contributed by atoms with Gasteiger partial charge in [0.1, 0.15) is 6.04 Å². The zero-order valence-electron chi connectivity index (χ0n) is 15.6. The molecule has 0 spiro atoms. The van der Waals surface area contributed by atoms with Crippen LogP contribution in [0.5, 0.6) is 0 Å². The molecule has 3 rings (SSSR count). The first kappa shape index (κ1) is 19.3. The van der Waals surface area contributed by atoms with Crippen LogP contribution in [0.15, 0.2) is 48.5 Å². The number of nitrogens with zero attached hydrogens (tertiary/aromatic N) is 1. The van der Waals surface area contributed by atoms with Crippen molar-refractivity contribution in [1.82, 2.24) is 4.90 Å². The van der Waals surface area contributed by atoms with Crippen LogP contribution in [0.25, 0.3) is 0 Å². The lowest BCUT2D eigenvalue weighted by Gasteiger charge is -2.27. The van der Waals surface area contributed by atoms with Crippen molar-refractivity contribution in [3.63, 3.8) is 0 Å². The predicted molar refractivity (Wildman–Crippen MR) is 104 cm³/mol. The van der Waals surface area contributed by atoms with E-state index >= 15 is 0 Å². The Morgan fingerprint density at radius 1 is 0.964 bits per heavy atom. The Labute approximate surface area is 162 Å². The Morgan fingerprint density at radius 3 is 2.04 bits per heavy atom. The van der Waals surface area contributed by atoms with Crippen molar-refractivity contribution in [2.24, 2.45) is 11.7 Å². The van der Waals surface area contributed by atoms with Crippen LogP contribution in [0.4, 0.5) is 5.69 Å². The van der Waals surface area contributed by atoms with E-state index in [4.69, 9.17) is 5.73 Å². The molecule has 0 saturated carbocycles. The molecule has 0 bridgehead atoms. The molecular formula is C21H21N3O4. The van der Waals surface area contributed by atoms with Crippen molar-refractivity contribution >= 4 is 29.3 Å². The molecule has 1 atom stereocenters. The Balaban J connectivity index is 1.94. The molecule has 0 fully saturated rings. The molecule has 4 amide bonds. The van der Waals surface area contributed by atoms with Gasteiger partial charge in [-0.15, -0.1) is 0 Å². The lowest BCUT2D eigenvalue weighted by molar-refractivity contribution is -0.120. The van der Waals surface area contributed by atoms with Gasteiger partial charge >= 0.3 is 0 Å². The van der Waals surface area contributed by atoms with Gasteiger partial charge in [0.05, 0.1) is 22.4 Å². The minimum atomic E-state index is -1.01. The molecule has 1 heterocycles. The minimum absolute atomic E-state index is 0.0476. The van der Waals surface area contributed by atoms with Crippen LogP contribution in [0.1, 0.15) is 51.3 Å². The van der Waals surface area contributed by atoms with Crippen LogP contribution in [0.2, 0.25) is 0 Å². The number of hydrogen-bond acceptors (Lipinski definition) is 4. The fourth-order valence-electron chi connectivity index (χ4n) is 3.29. The predicted octanol–water partition coefficient (Wildman–Crippen LogP) is 2.43. The van der Waals surface area contributed by atoms with Gasteiger partial charge in [0.15, 0.2) is 0 Å². The molecule has 0 aliphatic carbocycles. The maximum absolute atomic E-state index is 13.0. The number of anilines is 1. The summed E-state index contributed by atoms with van der Waals surface area (Å²) in [7, 11) is 0. The van der Waals surface area contributed by atoms with E-state index in [2.05, 4.69) is 5.32 Å². The van der Waals surface area contributed by atoms with E-state index in [1.54, 1.807) is 42.5 Å². The van der Waals surface area contributed by atoms with Gasteiger partial charge in [-0.2, -0.15) is 0 Å². The lowest BCUT2D eigenvalue weighted by Crippen LogP contribution is -2.48. The van der Waals surface area contributed by atoms with E-state index < -0.39 is 29.7 Å². The van der Waals surface area contributed by atoms with E-state index in [1.165, 1.54) is 6.07 Å². The normalized spacial score (nSPS) is 14.2. The Kier molecular flexibility index (Phi) is 5.26. The molecule has 2 aromatic rings. The van der Waals surface area contributed by atoms with Gasteiger partial charge in [-0.1, -0.05) is 38.1 Å². The molecule has 3 N–H and O–H groups in total. The third kappa shape index (κ3) is 3.51. The van der Waals surface area contributed by atoms with Gasteiger partial charge in [-0.25, -0.2) is 0 Å². The average molecular weight is 379 g/mol. The van der Waals surface area contributed by atoms with Crippen molar-refractivity contribution in [3.05, 3.63) is 65.2 Å². The van der Waals surface area contributed by atoms with Gasteiger partial charge in [0.25, 0.3) is 17.7 Å². The van der Waals surface area contributed by atoms with E-state index in [1.807, 2.05) is 13.8 Å². The number of rotatable bonds is 6. The van der Waals surface area contributed by atoms with Crippen LogP contribution >= 0.6 is 0 Å². The number of carbonyl (C=O) groups is 4. The number of primary amides is 1.